The van der Waals surface area contributed by atoms with E-state index in [4.69, 9.17) is 0 Å². The monoisotopic (exact) mass is 275 g/mol. The topological polar surface area (TPSA) is 40.5 Å². The van der Waals surface area contributed by atoms with Crippen molar-refractivity contribution >= 4 is 5.97 Å². The molecule has 1 fully saturated rings. The summed E-state index contributed by atoms with van der Waals surface area (Å²) >= 11 is 0. The number of rotatable bonds is 5. The lowest BCUT2D eigenvalue weighted by molar-refractivity contribution is -0.145. The summed E-state index contributed by atoms with van der Waals surface area (Å²) < 4.78 is 0. The van der Waals surface area contributed by atoms with Gasteiger partial charge in [0, 0.05) is 6.04 Å². The first kappa shape index (κ1) is 15.0. The molecular weight excluding hydrogens is 250 g/mol. The van der Waals surface area contributed by atoms with Gasteiger partial charge in [-0.1, -0.05) is 37.3 Å². The van der Waals surface area contributed by atoms with E-state index < -0.39 is 5.97 Å². The van der Waals surface area contributed by atoms with E-state index in [0.29, 0.717) is 5.92 Å². The number of carboxylic acids is 1. The van der Waals surface area contributed by atoms with Crippen molar-refractivity contribution in [2.24, 2.45) is 5.92 Å². The summed E-state index contributed by atoms with van der Waals surface area (Å²) in [6.45, 7) is 6.33. The van der Waals surface area contributed by atoms with Gasteiger partial charge in [-0.25, -0.2) is 0 Å². The summed E-state index contributed by atoms with van der Waals surface area (Å²) in [6.07, 6.45) is 2.91. The largest absolute Gasteiger partial charge is 0.481 e. The van der Waals surface area contributed by atoms with Crippen molar-refractivity contribution in [3.63, 3.8) is 0 Å². The predicted octanol–water partition coefficient (Wildman–Crippen LogP) is 3.37. The van der Waals surface area contributed by atoms with Crippen molar-refractivity contribution in [1.82, 2.24) is 4.90 Å². The van der Waals surface area contributed by atoms with Gasteiger partial charge < -0.3 is 5.11 Å². The molecule has 1 aliphatic heterocycles. The van der Waals surface area contributed by atoms with Crippen LogP contribution in [0.3, 0.4) is 0 Å². The van der Waals surface area contributed by atoms with Crippen LogP contribution >= 0.6 is 0 Å². The van der Waals surface area contributed by atoms with E-state index >= 15 is 0 Å². The molecule has 3 atom stereocenters. The Kier molecular flexibility index (Phi) is 5.18. The van der Waals surface area contributed by atoms with E-state index in [1.807, 2.05) is 6.07 Å². The maximum atomic E-state index is 11.2. The van der Waals surface area contributed by atoms with Crippen molar-refractivity contribution in [2.45, 2.75) is 45.1 Å². The lowest BCUT2D eigenvalue weighted by Gasteiger charge is -2.38. The molecule has 20 heavy (non-hydrogen) atoms. The van der Waals surface area contributed by atoms with Crippen LogP contribution in [0.1, 0.15) is 44.6 Å². The maximum absolute atomic E-state index is 11.2. The molecule has 1 unspecified atom stereocenters. The van der Waals surface area contributed by atoms with Gasteiger partial charge in [-0.3, -0.25) is 9.69 Å². The van der Waals surface area contributed by atoms with Crippen LogP contribution in [0.5, 0.6) is 0 Å². The maximum Gasteiger partial charge on any atom is 0.308 e. The number of nitrogens with zero attached hydrogens (tertiary/aromatic N) is 1. The summed E-state index contributed by atoms with van der Waals surface area (Å²) in [7, 11) is 0. The molecule has 3 nitrogen and oxygen atoms in total. The highest BCUT2D eigenvalue weighted by Gasteiger charge is 2.32. The zero-order chi connectivity index (χ0) is 14.5. The normalized spacial score (nSPS) is 25.3. The number of carbonyl (C=O) groups is 1. The number of hydrogen-bond donors (Lipinski definition) is 1. The van der Waals surface area contributed by atoms with E-state index in [0.717, 1.165) is 32.4 Å². The number of hydrogen-bond acceptors (Lipinski definition) is 2. The zero-order valence-corrected chi connectivity index (χ0v) is 12.5. The minimum absolute atomic E-state index is 0.157. The Hall–Kier alpha value is -1.35. The first-order chi connectivity index (χ1) is 9.59. The molecule has 1 N–H and O–H groups in total. The molecule has 3 heteroatoms. The molecule has 0 aliphatic carbocycles. The fourth-order valence-corrected chi connectivity index (χ4v) is 3.17. The van der Waals surface area contributed by atoms with Crippen LogP contribution < -0.4 is 0 Å². The number of benzene rings is 1. The number of likely N-dealkylation sites (tertiary alicyclic amines) is 1. The van der Waals surface area contributed by atoms with Gasteiger partial charge in [-0.05, 0) is 50.8 Å². The molecule has 0 aromatic heterocycles. The second kappa shape index (κ2) is 6.89. The summed E-state index contributed by atoms with van der Waals surface area (Å²) in [5.41, 5.74) is 1.37. The summed E-state index contributed by atoms with van der Waals surface area (Å²) in [4.78, 5) is 13.6. The molecule has 0 amide bonds. The van der Waals surface area contributed by atoms with Gasteiger partial charge in [-0.15, -0.1) is 0 Å². The van der Waals surface area contributed by atoms with Gasteiger partial charge >= 0.3 is 5.97 Å². The first-order valence-electron chi connectivity index (χ1n) is 7.61. The lowest BCUT2D eigenvalue weighted by Crippen LogP contribution is -2.46. The number of carboxylic acid groups (broad SMARTS) is 1. The van der Waals surface area contributed by atoms with E-state index in [-0.39, 0.29) is 12.0 Å². The second-order valence-corrected chi connectivity index (χ2v) is 5.96. The summed E-state index contributed by atoms with van der Waals surface area (Å²) in [6, 6.07) is 10.7. The summed E-state index contributed by atoms with van der Waals surface area (Å²) in [5, 5.41) is 9.26. The average molecular weight is 275 g/mol. The van der Waals surface area contributed by atoms with Crippen molar-refractivity contribution in [3.8, 4) is 0 Å². The Morgan fingerprint density at radius 3 is 2.75 bits per heavy atom. The third-order valence-electron chi connectivity index (χ3n) is 4.65. The highest BCUT2D eigenvalue weighted by atomic mass is 16.4. The van der Waals surface area contributed by atoms with Crippen molar-refractivity contribution in [3.05, 3.63) is 35.9 Å². The molecule has 1 saturated heterocycles. The Bertz CT molecular complexity index is 432. The third kappa shape index (κ3) is 3.60. The van der Waals surface area contributed by atoms with Gasteiger partial charge in [0.1, 0.15) is 0 Å². The quantitative estimate of drug-likeness (QED) is 0.895. The zero-order valence-electron chi connectivity index (χ0n) is 12.5. The van der Waals surface area contributed by atoms with Crippen LogP contribution in [-0.2, 0) is 4.79 Å². The molecule has 0 bridgehead atoms. The number of aliphatic carboxylic acids is 1. The van der Waals surface area contributed by atoms with E-state index in [2.05, 4.69) is 43.0 Å². The van der Waals surface area contributed by atoms with Gasteiger partial charge in [0.25, 0.3) is 0 Å². The van der Waals surface area contributed by atoms with Gasteiger partial charge in [0.2, 0.25) is 0 Å². The molecular formula is C17H25NO2. The molecule has 110 valence electrons. The van der Waals surface area contributed by atoms with Crippen molar-refractivity contribution < 1.29 is 9.90 Å². The van der Waals surface area contributed by atoms with Crippen molar-refractivity contribution in [2.75, 3.05) is 13.1 Å². The standard InChI is InChI=1S/C17H25NO2/c1-13(15-7-4-3-5-8-15)10-12-18-11-6-9-16(14(18)2)17(19)20/h3-5,7-8,13-14,16H,6,9-12H2,1-2H3,(H,19,20)/t13?,14-,16-/m0/s1. The highest BCUT2D eigenvalue weighted by molar-refractivity contribution is 5.70. The molecule has 0 radical (unpaired) electrons. The fraction of sp³-hybridized carbons (Fsp3) is 0.588. The smallest absolute Gasteiger partial charge is 0.308 e. The summed E-state index contributed by atoms with van der Waals surface area (Å²) in [5.74, 6) is -0.317. The van der Waals surface area contributed by atoms with Crippen LogP contribution in [0.2, 0.25) is 0 Å². The van der Waals surface area contributed by atoms with E-state index in [9.17, 15) is 9.90 Å². The fourth-order valence-electron chi connectivity index (χ4n) is 3.17. The van der Waals surface area contributed by atoms with Gasteiger partial charge in [0.15, 0.2) is 0 Å². The average Bonchev–Trinajstić information content (AvgIpc) is 2.46. The van der Waals surface area contributed by atoms with Crippen LogP contribution in [-0.4, -0.2) is 35.1 Å². The molecule has 1 heterocycles. The molecule has 1 aromatic carbocycles. The Balaban J connectivity index is 1.88. The van der Waals surface area contributed by atoms with Crippen LogP contribution in [0.25, 0.3) is 0 Å². The molecule has 1 aromatic rings. The number of piperidine rings is 1. The molecule has 0 spiro atoms. The van der Waals surface area contributed by atoms with Crippen LogP contribution in [0.4, 0.5) is 0 Å². The Morgan fingerprint density at radius 2 is 2.10 bits per heavy atom. The molecule has 0 saturated carbocycles. The molecule has 2 rings (SSSR count). The van der Waals surface area contributed by atoms with E-state index in [1.54, 1.807) is 0 Å². The lowest BCUT2D eigenvalue weighted by atomic mass is 9.89. The van der Waals surface area contributed by atoms with E-state index in [1.165, 1.54) is 5.56 Å². The highest BCUT2D eigenvalue weighted by Crippen LogP contribution is 2.26. The van der Waals surface area contributed by atoms with Gasteiger partial charge in [-0.2, -0.15) is 0 Å². The first-order valence-corrected chi connectivity index (χ1v) is 7.61. The van der Waals surface area contributed by atoms with Gasteiger partial charge in [0.05, 0.1) is 5.92 Å². The third-order valence-corrected chi connectivity index (χ3v) is 4.65. The van der Waals surface area contributed by atoms with Crippen LogP contribution in [0.15, 0.2) is 30.3 Å². The SMILES string of the molecule is CC(CCN1CCC[C@H](C(=O)O)[C@@H]1C)c1ccccc1. The Morgan fingerprint density at radius 1 is 1.40 bits per heavy atom. The second-order valence-electron chi connectivity index (χ2n) is 5.96. The van der Waals surface area contributed by atoms with Crippen LogP contribution in [0, 0.1) is 5.92 Å². The minimum Gasteiger partial charge on any atom is -0.481 e. The molecule has 1 aliphatic rings. The predicted molar refractivity (Wildman–Crippen MR) is 80.9 cm³/mol. The van der Waals surface area contributed by atoms with Crippen molar-refractivity contribution in [1.29, 1.82) is 0 Å². The minimum atomic E-state index is -0.640. The Labute approximate surface area is 121 Å².